The van der Waals surface area contributed by atoms with E-state index >= 15 is 0 Å². The first-order chi connectivity index (χ1) is 15.7. The van der Waals surface area contributed by atoms with Gasteiger partial charge >= 0.3 is 0 Å². The first-order valence-electron chi connectivity index (χ1n) is 11.2. The van der Waals surface area contributed by atoms with E-state index in [2.05, 4.69) is 22.2 Å². The normalized spacial score (nSPS) is 13.6. The molecule has 1 fully saturated rings. The molecule has 0 radical (unpaired) electrons. The number of nitrogens with zero attached hydrogens (tertiary/aromatic N) is 5. The topological polar surface area (TPSA) is 85.2 Å². The van der Waals surface area contributed by atoms with Gasteiger partial charge in [0, 0.05) is 26.1 Å². The van der Waals surface area contributed by atoms with E-state index in [1.54, 1.807) is 18.9 Å². The van der Waals surface area contributed by atoms with Crippen LogP contribution in [0.3, 0.4) is 0 Å². The Labute approximate surface area is 192 Å². The molecule has 4 rings (SSSR count). The van der Waals surface area contributed by atoms with Gasteiger partial charge in [-0.05, 0) is 42.7 Å². The SMILES string of the molecule is CCSc1nc(N2CCCC2)c2cnn(CCNC(=O)CCc3ccc(OC)cc3)c2n1. The highest BCUT2D eigenvalue weighted by Crippen LogP contribution is 2.29. The summed E-state index contributed by atoms with van der Waals surface area (Å²) in [6, 6.07) is 7.82. The van der Waals surface area contributed by atoms with Gasteiger partial charge < -0.3 is 15.0 Å². The molecule has 0 spiro atoms. The Morgan fingerprint density at radius 1 is 1.19 bits per heavy atom. The number of nitrogens with one attached hydrogen (secondary N) is 1. The number of hydrogen-bond donors (Lipinski definition) is 1. The fourth-order valence-corrected chi connectivity index (χ4v) is 4.45. The smallest absolute Gasteiger partial charge is 0.220 e. The molecular weight excluding hydrogens is 424 g/mol. The van der Waals surface area contributed by atoms with Crippen molar-refractivity contribution < 1.29 is 9.53 Å². The maximum absolute atomic E-state index is 12.3. The molecule has 8 nitrogen and oxygen atoms in total. The van der Waals surface area contributed by atoms with Crippen LogP contribution in [0.5, 0.6) is 5.75 Å². The van der Waals surface area contributed by atoms with Gasteiger partial charge in [0.15, 0.2) is 10.8 Å². The molecule has 1 N–H and O–H groups in total. The largest absolute Gasteiger partial charge is 0.497 e. The summed E-state index contributed by atoms with van der Waals surface area (Å²) < 4.78 is 7.05. The second kappa shape index (κ2) is 10.7. The molecule has 3 aromatic rings. The molecule has 3 heterocycles. The van der Waals surface area contributed by atoms with Crippen LogP contribution in [0.4, 0.5) is 5.82 Å². The van der Waals surface area contributed by atoms with Crippen LogP contribution in [0.2, 0.25) is 0 Å². The molecule has 32 heavy (non-hydrogen) atoms. The molecule has 1 aromatic carbocycles. The van der Waals surface area contributed by atoms with E-state index in [-0.39, 0.29) is 5.91 Å². The van der Waals surface area contributed by atoms with Crippen molar-refractivity contribution in [3.05, 3.63) is 36.0 Å². The third kappa shape index (κ3) is 5.32. The number of carbonyl (C=O) groups is 1. The Bertz CT molecular complexity index is 1050. The van der Waals surface area contributed by atoms with Crippen LogP contribution in [-0.4, -0.2) is 58.2 Å². The van der Waals surface area contributed by atoms with Gasteiger partial charge in [-0.2, -0.15) is 5.10 Å². The van der Waals surface area contributed by atoms with E-state index in [0.29, 0.717) is 25.9 Å². The summed E-state index contributed by atoms with van der Waals surface area (Å²) in [4.78, 5) is 24.2. The average molecular weight is 455 g/mol. The summed E-state index contributed by atoms with van der Waals surface area (Å²) >= 11 is 1.64. The van der Waals surface area contributed by atoms with Gasteiger partial charge in [-0.3, -0.25) is 4.79 Å². The minimum Gasteiger partial charge on any atom is -0.497 e. The zero-order valence-corrected chi connectivity index (χ0v) is 19.5. The molecule has 0 unspecified atom stereocenters. The van der Waals surface area contributed by atoms with E-state index in [9.17, 15) is 4.79 Å². The van der Waals surface area contributed by atoms with Gasteiger partial charge in [-0.1, -0.05) is 30.8 Å². The van der Waals surface area contributed by atoms with Gasteiger partial charge in [-0.15, -0.1) is 0 Å². The van der Waals surface area contributed by atoms with E-state index in [1.165, 1.54) is 12.8 Å². The number of benzene rings is 1. The highest BCUT2D eigenvalue weighted by molar-refractivity contribution is 7.99. The van der Waals surface area contributed by atoms with Crippen molar-refractivity contribution in [3.63, 3.8) is 0 Å². The molecule has 0 atom stereocenters. The summed E-state index contributed by atoms with van der Waals surface area (Å²) in [7, 11) is 1.65. The lowest BCUT2D eigenvalue weighted by Gasteiger charge is -2.17. The number of aromatic nitrogens is 4. The minimum absolute atomic E-state index is 0.0342. The summed E-state index contributed by atoms with van der Waals surface area (Å²) in [5, 5.41) is 9.32. The Morgan fingerprint density at radius 3 is 2.69 bits per heavy atom. The van der Waals surface area contributed by atoms with Gasteiger partial charge in [0.1, 0.15) is 11.6 Å². The van der Waals surface area contributed by atoms with Crippen LogP contribution in [0, 0.1) is 0 Å². The first kappa shape index (κ1) is 22.4. The second-order valence-electron chi connectivity index (χ2n) is 7.76. The van der Waals surface area contributed by atoms with Crippen LogP contribution in [0.15, 0.2) is 35.6 Å². The molecule has 2 aromatic heterocycles. The molecule has 0 saturated carbocycles. The van der Waals surface area contributed by atoms with Crippen LogP contribution in [-0.2, 0) is 17.8 Å². The molecule has 0 aliphatic carbocycles. The molecule has 170 valence electrons. The van der Waals surface area contributed by atoms with Gasteiger partial charge in [0.2, 0.25) is 5.91 Å². The molecule has 1 aliphatic rings. The maximum atomic E-state index is 12.3. The second-order valence-corrected chi connectivity index (χ2v) is 8.99. The van der Waals surface area contributed by atoms with Crippen LogP contribution in [0.25, 0.3) is 11.0 Å². The summed E-state index contributed by atoms with van der Waals surface area (Å²) in [6.45, 7) is 5.24. The fourth-order valence-electron chi connectivity index (χ4n) is 3.89. The molecule has 1 saturated heterocycles. The predicted molar refractivity (Wildman–Crippen MR) is 127 cm³/mol. The van der Waals surface area contributed by atoms with Gasteiger partial charge in [0.05, 0.1) is 25.2 Å². The van der Waals surface area contributed by atoms with Crippen LogP contribution < -0.4 is 15.0 Å². The first-order valence-corrected chi connectivity index (χ1v) is 12.2. The molecule has 0 bridgehead atoms. The van der Waals surface area contributed by atoms with Crippen molar-refractivity contribution in [2.45, 2.75) is 44.3 Å². The zero-order chi connectivity index (χ0) is 22.3. The number of thioether (sulfide) groups is 1. The van der Waals surface area contributed by atoms with E-state index in [0.717, 1.165) is 52.2 Å². The van der Waals surface area contributed by atoms with Crippen LogP contribution >= 0.6 is 11.8 Å². The zero-order valence-electron chi connectivity index (χ0n) is 18.7. The molecule has 9 heteroatoms. The minimum atomic E-state index is 0.0342. The number of rotatable bonds is 10. The lowest BCUT2D eigenvalue weighted by atomic mass is 10.1. The molecule has 1 amide bonds. The quantitative estimate of drug-likeness (QED) is 0.372. The van der Waals surface area contributed by atoms with Crippen LogP contribution in [0.1, 0.15) is 31.7 Å². The maximum Gasteiger partial charge on any atom is 0.220 e. The lowest BCUT2D eigenvalue weighted by molar-refractivity contribution is -0.121. The fraction of sp³-hybridized carbons (Fsp3) is 0.478. The average Bonchev–Trinajstić information content (AvgIpc) is 3.48. The Balaban J connectivity index is 1.36. The molecule has 1 aliphatic heterocycles. The Kier molecular flexibility index (Phi) is 7.47. The van der Waals surface area contributed by atoms with E-state index < -0.39 is 0 Å². The third-order valence-electron chi connectivity index (χ3n) is 5.58. The lowest BCUT2D eigenvalue weighted by Crippen LogP contribution is -2.27. The summed E-state index contributed by atoms with van der Waals surface area (Å²) in [6.07, 6.45) is 5.39. The number of anilines is 1. The number of ether oxygens (including phenoxy) is 1. The van der Waals surface area contributed by atoms with E-state index in [4.69, 9.17) is 14.7 Å². The van der Waals surface area contributed by atoms with E-state index in [1.807, 2.05) is 35.1 Å². The van der Waals surface area contributed by atoms with Crippen molar-refractivity contribution >= 4 is 34.5 Å². The number of methoxy groups -OCH3 is 1. The Hall–Kier alpha value is -2.81. The number of aryl methyl sites for hydroxylation is 1. The number of hydrogen-bond acceptors (Lipinski definition) is 7. The summed E-state index contributed by atoms with van der Waals surface area (Å²) in [5.41, 5.74) is 1.96. The van der Waals surface area contributed by atoms with Crippen molar-refractivity contribution in [1.82, 2.24) is 25.1 Å². The Morgan fingerprint density at radius 2 is 1.97 bits per heavy atom. The van der Waals surface area contributed by atoms with Gasteiger partial charge in [0.25, 0.3) is 0 Å². The van der Waals surface area contributed by atoms with Crippen molar-refractivity contribution in [2.75, 3.05) is 37.4 Å². The van der Waals surface area contributed by atoms with Crippen molar-refractivity contribution in [2.24, 2.45) is 0 Å². The van der Waals surface area contributed by atoms with Gasteiger partial charge in [-0.25, -0.2) is 14.6 Å². The highest BCUT2D eigenvalue weighted by Gasteiger charge is 2.20. The highest BCUT2D eigenvalue weighted by atomic mass is 32.2. The number of amides is 1. The number of fused-ring (bicyclic) bond motifs is 1. The van der Waals surface area contributed by atoms with Crippen molar-refractivity contribution in [1.29, 1.82) is 0 Å². The third-order valence-corrected chi connectivity index (χ3v) is 6.31. The number of carbonyl (C=O) groups excluding carboxylic acids is 1. The van der Waals surface area contributed by atoms with Crippen molar-refractivity contribution in [3.8, 4) is 5.75 Å². The standard InChI is InChI=1S/C23H30N6O2S/c1-3-32-23-26-21(28-13-4-5-14-28)19-16-25-29(22(19)27-23)15-12-24-20(30)11-8-17-6-9-18(31-2)10-7-17/h6-7,9-10,16H,3-5,8,11-15H2,1-2H3,(H,24,30). The summed E-state index contributed by atoms with van der Waals surface area (Å²) in [5.74, 6) is 2.76. The monoisotopic (exact) mass is 454 g/mol. The predicted octanol–water partition coefficient (Wildman–Crippen LogP) is 3.30. The molecular formula is C23H30N6O2S.